The molecule has 1 fully saturated rings. The molecule has 1 saturated heterocycles. The smallest absolute Gasteiger partial charge is 0.285 e. The van der Waals surface area contributed by atoms with Crippen LogP contribution in [0.5, 0.6) is 11.5 Å². The highest BCUT2D eigenvalue weighted by molar-refractivity contribution is 7.89. The molecule has 28 heavy (non-hydrogen) atoms. The first-order valence-corrected chi connectivity index (χ1v) is 10.2. The van der Waals surface area contributed by atoms with Crippen molar-refractivity contribution in [1.82, 2.24) is 14.1 Å². The van der Waals surface area contributed by atoms with Crippen LogP contribution in [-0.2, 0) is 14.8 Å². The van der Waals surface area contributed by atoms with E-state index in [0.29, 0.717) is 24.7 Å². The number of aryl methyl sites for hydroxylation is 1. The molecule has 2 aromatic rings. The number of methoxy groups -OCH3 is 1. The van der Waals surface area contributed by atoms with Gasteiger partial charge in [0.2, 0.25) is 10.0 Å². The van der Waals surface area contributed by atoms with Crippen LogP contribution < -0.4 is 9.47 Å². The highest BCUT2D eigenvalue weighted by Crippen LogP contribution is 2.24. The Morgan fingerprint density at radius 3 is 2.36 bits per heavy atom. The van der Waals surface area contributed by atoms with Crippen LogP contribution in [0.25, 0.3) is 0 Å². The lowest BCUT2D eigenvalue weighted by Gasteiger charge is -2.26. The second-order valence-corrected chi connectivity index (χ2v) is 8.16. The molecular formula is C18H23N3O6S. The number of carbonyl (C=O) groups is 1. The van der Waals surface area contributed by atoms with Gasteiger partial charge >= 0.3 is 0 Å². The summed E-state index contributed by atoms with van der Waals surface area (Å²) in [5, 5.41) is 4.14. The predicted molar refractivity (Wildman–Crippen MR) is 100 cm³/mol. The quantitative estimate of drug-likeness (QED) is 0.708. The topological polar surface area (TPSA) is 100.0 Å². The molecule has 0 saturated carbocycles. The molecule has 0 N–H and O–H groups in total. The van der Waals surface area contributed by atoms with Gasteiger partial charge in [0.05, 0.1) is 31.7 Å². The fourth-order valence-corrected chi connectivity index (χ4v) is 4.80. The number of hydrogen-bond donors (Lipinski definition) is 0. The zero-order valence-electron chi connectivity index (χ0n) is 16.0. The molecule has 1 aliphatic heterocycles. The number of ether oxygens (including phenoxy) is 3. The van der Waals surface area contributed by atoms with Gasteiger partial charge in [0.25, 0.3) is 5.91 Å². The van der Waals surface area contributed by atoms with E-state index in [-0.39, 0.29) is 36.0 Å². The minimum absolute atomic E-state index is 0.0622. The zero-order chi connectivity index (χ0) is 20.3. The Balaban J connectivity index is 1.77. The lowest BCUT2D eigenvalue weighted by molar-refractivity contribution is 0.0729. The molecule has 0 amide bonds. The molecular weight excluding hydrogens is 386 g/mol. The first kappa shape index (κ1) is 20.3. The van der Waals surface area contributed by atoms with E-state index >= 15 is 0 Å². The Labute approximate surface area is 163 Å². The Bertz CT molecular complexity index is 946. The van der Waals surface area contributed by atoms with E-state index in [4.69, 9.17) is 14.2 Å². The summed E-state index contributed by atoms with van der Waals surface area (Å²) >= 11 is 0. The van der Waals surface area contributed by atoms with Crippen LogP contribution in [-0.4, -0.2) is 68.4 Å². The number of hydrogen-bond acceptors (Lipinski definition) is 7. The fraction of sp³-hybridized carbons (Fsp3) is 0.444. The summed E-state index contributed by atoms with van der Waals surface area (Å²) < 4.78 is 44.2. The second kappa shape index (κ2) is 8.29. The van der Waals surface area contributed by atoms with Crippen molar-refractivity contribution in [3.63, 3.8) is 0 Å². The number of nitrogens with zero attached hydrogens (tertiary/aromatic N) is 3. The summed E-state index contributed by atoms with van der Waals surface area (Å²) in [6.07, 6.45) is 0. The number of aromatic nitrogens is 2. The van der Waals surface area contributed by atoms with Gasteiger partial charge in [0.15, 0.2) is 6.61 Å². The number of sulfonamides is 1. The number of rotatable bonds is 6. The summed E-state index contributed by atoms with van der Waals surface area (Å²) in [6.45, 7) is 4.13. The monoisotopic (exact) mass is 409 g/mol. The van der Waals surface area contributed by atoms with Gasteiger partial charge in [-0.25, -0.2) is 13.1 Å². The summed E-state index contributed by atoms with van der Waals surface area (Å²) in [5.74, 6) is 0.715. The maximum absolute atomic E-state index is 13.0. The molecule has 1 aromatic heterocycles. The standard InChI is InChI=1S/C18H23N3O6S/c1-13-18(28(23,24)20-8-10-26-11-9-20)14(2)21(19-13)17(22)12-27-16-6-4-15(25-3)5-7-16/h4-7H,8-12H2,1-3H3. The largest absolute Gasteiger partial charge is 0.497 e. The van der Waals surface area contributed by atoms with E-state index in [1.165, 1.54) is 4.31 Å². The Morgan fingerprint density at radius 2 is 1.75 bits per heavy atom. The normalized spacial score (nSPS) is 15.4. The van der Waals surface area contributed by atoms with Crippen LogP contribution in [0.2, 0.25) is 0 Å². The zero-order valence-corrected chi connectivity index (χ0v) is 16.9. The van der Waals surface area contributed by atoms with Crippen molar-refractivity contribution >= 4 is 15.9 Å². The molecule has 1 aromatic carbocycles. The van der Waals surface area contributed by atoms with E-state index in [9.17, 15) is 13.2 Å². The molecule has 3 rings (SSSR count). The lowest BCUT2D eigenvalue weighted by Crippen LogP contribution is -2.41. The maximum Gasteiger partial charge on any atom is 0.285 e. The SMILES string of the molecule is COc1ccc(OCC(=O)n2nc(C)c(S(=O)(=O)N3CCOCC3)c2C)cc1. The van der Waals surface area contributed by atoms with Crippen LogP contribution in [0.15, 0.2) is 29.2 Å². The molecule has 0 bridgehead atoms. The third-order valence-corrected chi connectivity index (χ3v) is 6.60. The minimum Gasteiger partial charge on any atom is -0.497 e. The molecule has 152 valence electrons. The first-order chi connectivity index (χ1) is 13.3. The molecule has 0 atom stereocenters. The molecule has 0 unspecified atom stereocenters. The highest BCUT2D eigenvalue weighted by atomic mass is 32.2. The number of carbonyl (C=O) groups excluding carboxylic acids is 1. The minimum atomic E-state index is -3.75. The molecule has 9 nitrogen and oxygen atoms in total. The molecule has 0 radical (unpaired) electrons. The van der Waals surface area contributed by atoms with Gasteiger partial charge in [-0.2, -0.15) is 9.40 Å². The fourth-order valence-electron chi connectivity index (χ4n) is 3.04. The summed E-state index contributed by atoms with van der Waals surface area (Å²) in [4.78, 5) is 12.6. The van der Waals surface area contributed by atoms with Gasteiger partial charge in [-0.15, -0.1) is 0 Å². The average Bonchev–Trinajstić information content (AvgIpc) is 3.02. The molecule has 0 aliphatic carbocycles. The Morgan fingerprint density at radius 1 is 1.14 bits per heavy atom. The Hall–Kier alpha value is -2.43. The molecule has 10 heteroatoms. The average molecular weight is 409 g/mol. The highest BCUT2D eigenvalue weighted by Gasteiger charge is 2.33. The number of benzene rings is 1. The Kier molecular flexibility index (Phi) is 6.01. The third-order valence-electron chi connectivity index (χ3n) is 4.45. The molecule has 0 spiro atoms. The predicted octanol–water partition coefficient (Wildman–Crippen LogP) is 1.25. The van der Waals surface area contributed by atoms with Gasteiger partial charge in [0.1, 0.15) is 16.4 Å². The summed E-state index contributed by atoms with van der Waals surface area (Å²) in [6, 6.07) is 6.80. The van der Waals surface area contributed by atoms with Gasteiger partial charge in [0, 0.05) is 13.1 Å². The van der Waals surface area contributed by atoms with Crippen molar-refractivity contribution < 1.29 is 27.4 Å². The van der Waals surface area contributed by atoms with E-state index < -0.39 is 15.9 Å². The van der Waals surface area contributed by atoms with Crippen molar-refractivity contribution in [1.29, 1.82) is 0 Å². The second-order valence-electron chi connectivity index (χ2n) is 6.29. The third kappa shape index (κ3) is 4.03. The lowest BCUT2D eigenvalue weighted by atomic mass is 10.3. The van der Waals surface area contributed by atoms with Crippen LogP contribution in [0.4, 0.5) is 0 Å². The maximum atomic E-state index is 13.0. The van der Waals surface area contributed by atoms with E-state index in [2.05, 4.69) is 5.10 Å². The van der Waals surface area contributed by atoms with Crippen molar-refractivity contribution in [3.8, 4) is 11.5 Å². The van der Waals surface area contributed by atoms with E-state index in [1.54, 1.807) is 45.2 Å². The van der Waals surface area contributed by atoms with Gasteiger partial charge < -0.3 is 14.2 Å². The van der Waals surface area contributed by atoms with Gasteiger partial charge in [-0.1, -0.05) is 0 Å². The van der Waals surface area contributed by atoms with Crippen LogP contribution in [0.3, 0.4) is 0 Å². The summed E-state index contributed by atoms with van der Waals surface area (Å²) in [7, 11) is -2.19. The first-order valence-electron chi connectivity index (χ1n) is 8.78. The molecule has 2 heterocycles. The van der Waals surface area contributed by atoms with Crippen molar-refractivity contribution in [2.24, 2.45) is 0 Å². The van der Waals surface area contributed by atoms with Crippen molar-refractivity contribution in [2.75, 3.05) is 40.0 Å². The molecule has 1 aliphatic rings. The number of morpholine rings is 1. The van der Waals surface area contributed by atoms with Crippen LogP contribution in [0, 0.1) is 13.8 Å². The van der Waals surface area contributed by atoms with Gasteiger partial charge in [-0.3, -0.25) is 4.79 Å². The van der Waals surface area contributed by atoms with Gasteiger partial charge in [-0.05, 0) is 38.1 Å². The van der Waals surface area contributed by atoms with E-state index in [1.807, 2.05) is 0 Å². The van der Waals surface area contributed by atoms with Crippen molar-refractivity contribution in [3.05, 3.63) is 35.7 Å². The van der Waals surface area contributed by atoms with Crippen LogP contribution >= 0.6 is 0 Å². The summed E-state index contributed by atoms with van der Waals surface area (Å²) in [5.41, 5.74) is 0.550. The van der Waals surface area contributed by atoms with Crippen LogP contribution in [0.1, 0.15) is 16.2 Å². The van der Waals surface area contributed by atoms with E-state index in [0.717, 1.165) is 4.68 Å². The van der Waals surface area contributed by atoms with Crippen molar-refractivity contribution in [2.45, 2.75) is 18.7 Å².